The van der Waals surface area contributed by atoms with Gasteiger partial charge in [-0.25, -0.2) is 15.0 Å². The molecule has 14 heteroatoms. The minimum Gasteiger partial charge on any atom is -0.406 e. The number of carbonyl (C=O) groups is 1. The predicted molar refractivity (Wildman–Crippen MR) is 142 cm³/mol. The average molecular weight is 560 g/mol. The Balaban J connectivity index is 1.40. The SMILES string of the molecule is CC(=O)N1CCC2(CC1)CN(c1cc(Nc3cc(OC(F)(F)F)ccn3)nc(-c3cnn(CC(C)(C)N)c3)n1)C2. The molecule has 0 saturated carbocycles. The molecule has 2 saturated heterocycles. The number of nitrogens with zero attached hydrogens (tertiary/aromatic N) is 7. The van der Waals surface area contributed by atoms with E-state index in [0.29, 0.717) is 29.6 Å². The molecule has 2 aliphatic rings. The number of ether oxygens (including phenoxy) is 1. The number of pyridine rings is 1. The first-order valence-corrected chi connectivity index (χ1v) is 13.0. The van der Waals surface area contributed by atoms with E-state index < -0.39 is 17.7 Å². The van der Waals surface area contributed by atoms with Gasteiger partial charge in [-0.3, -0.25) is 9.48 Å². The van der Waals surface area contributed by atoms with Gasteiger partial charge in [-0.05, 0) is 32.8 Å². The summed E-state index contributed by atoms with van der Waals surface area (Å²) in [4.78, 5) is 29.3. The lowest BCUT2D eigenvalue weighted by Crippen LogP contribution is -2.61. The third-order valence-corrected chi connectivity index (χ3v) is 7.04. The van der Waals surface area contributed by atoms with E-state index >= 15 is 0 Å². The Hall–Kier alpha value is -3.94. The smallest absolute Gasteiger partial charge is 0.406 e. The molecule has 1 spiro atoms. The van der Waals surface area contributed by atoms with Crippen LogP contribution in [-0.2, 0) is 11.3 Å². The van der Waals surface area contributed by atoms with Crippen LogP contribution >= 0.6 is 0 Å². The number of anilines is 3. The fourth-order valence-electron chi connectivity index (χ4n) is 5.12. The lowest BCUT2D eigenvalue weighted by molar-refractivity contribution is -0.274. The molecule has 2 fully saturated rings. The van der Waals surface area contributed by atoms with E-state index in [1.54, 1.807) is 23.9 Å². The molecular formula is C26H32F3N9O2. The minimum atomic E-state index is -4.82. The van der Waals surface area contributed by atoms with E-state index in [0.717, 1.165) is 51.2 Å². The third kappa shape index (κ3) is 6.61. The first kappa shape index (κ1) is 27.6. The summed E-state index contributed by atoms with van der Waals surface area (Å²) in [6, 6.07) is 4.02. The van der Waals surface area contributed by atoms with Gasteiger partial charge in [0, 0.05) is 68.6 Å². The Morgan fingerprint density at radius 2 is 1.88 bits per heavy atom. The zero-order chi connectivity index (χ0) is 28.7. The monoisotopic (exact) mass is 559 g/mol. The highest BCUT2D eigenvalue weighted by Gasteiger charge is 2.46. The van der Waals surface area contributed by atoms with Gasteiger partial charge in [0.05, 0.1) is 18.3 Å². The van der Waals surface area contributed by atoms with Crippen LogP contribution in [0.25, 0.3) is 11.4 Å². The number of aromatic nitrogens is 5. The normalized spacial score (nSPS) is 17.1. The van der Waals surface area contributed by atoms with Crippen LogP contribution in [0.4, 0.5) is 30.6 Å². The molecule has 0 aliphatic carbocycles. The molecule has 5 rings (SSSR count). The molecule has 3 aromatic rings. The number of hydrogen-bond acceptors (Lipinski definition) is 9. The van der Waals surface area contributed by atoms with Gasteiger partial charge >= 0.3 is 6.36 Å². The summed E-state index contributed by atoms with van der Waals surface area (Å²) >= 11 is 0. The maximum Gasteiger partial charge on any atom is 0.573 e. The number of likely N-dealkylation sites (tertiary alicyclic amines) is 1. The third-order valence-electron chi connectivity index (χ3n) is 7.04. The van der Waals surface area contributed by atoms with E-state index in [1.807, 2.05) is 24.9 Å². The molecule has 0 radical (unpaired) electrons. The molecule has 0 bridgehead atoms. The Morgan fingerprint density at radius 1 is 1.15 bits per heavy atom. The summed E-state index contributed by atoms with van der Waals surface area (Å²) in [6.07, 6.45) is 1.70. The van der Waals surface area contributed by atoms with Crippen molar-refractivity contribution in [1.29, 1.82) is 0 Å². The van der Waals surface area contributed by atoms with Crippen molar-refractivity contribution in [3.05, 3.63) is 36.8 Å². The van der Waals surface area contributed by atoms with Crippen LogP contribution in [-0.4, -0.2) is 73.6 Å². The van der Waals surface area contributed by atoms with Crippen molar-refractivity contribution in [2.45, 2.75) is 52.1 Å². The minimum absolute atomic E-state index is 0.0964. The number of nitrogens with two attached hydrogens (primary N) is 1. The summed E-state index contributed by atoms with van der Waals surface area (Å²) in [5.41, 5.74) is 6.45. The van der Waals surface area contributed by atoms with E-state index in [-0.39, 0.29) is 17.1 Å². The number of carbonyl (C=O) groups excluding carboxylic acids is 1. The number of halogens is 3. The van der Waals surface area contributed by atoms with Crippen LogP contribution in [0.1, 0.15) is 33.6 Å². The van der Waals surface area contributed by atoms with E-state index in [1.165, 1.54) is 6.20 Å². The number of rotatable bonds is 7. The second-order valence-electron chi connectivity index (χ2n) is 11.3. The van der Waals surface area contributed by atoms with Gasteiger partial charge in [-0.2, -0.15) is 5.10 Å². The van der Waals surface area contributed by atoms with Gasteiger partial charge in [0.25, 0.3) is 0 Å². The van der Waals surface area contributed by atoms with Gasteiger partial charge in [0.15, 0.2) is 5.82 Å². The lowest BCUT2D eigenvalue weighted by Gasteiger charge is -2.54. The number of alkyl halides is 3. The standard InChI is InChI=1S/C26H32F3N9O2/c1-17(39)36-8-5-25(6-9-36)15-37(16-25)22-11-21(33-20-10-19(4-7-31-20)40-26(27,28)29)34-23(35-22)18-12-32-38(13-18)14-24(2,3)30/h4,7,10-13H,5-6,8-9,14-16,30H2,1-3H3,(H,31,33,34,35). The van der Waals surface area contributed by atoms with Crippen LogP contribution in [0.3, 0.4) is 0 Å². The Bertz CT molecular complexity index is 1370. The fraction of sp³-hybridized carbons (Fsp3) is 0.500. The summed E-state index contributed by atoms with van der Waals surface area (Å²) in [5.74, 6) is 1.26. The highest BCUT2D eigenvalue weighted by Crippen LogP contribution is 2.43. The molecule has 3 N–H and O–H groups in total. The first-order chi connectivity index (χ1) is 18.8. The summed E-state index contributed by atoms with van der Waals surface area (Å²) in [6.45, 7) is 8.92. The number of amides is 1. The highest BCUT2D eigenvalue weighted by molar-refractivity contribution is 5.73. The largest absolute Gasteiger partial charge is 0.573 e. The highest BCUT2D eigenvalue weighted by atomic mass is 19.4. The Labute approximate surface area is 229 Å². The molecule has 1 amide bonds. The summed E-state index contributed by atoms with van der Waals surface area (Å²) in [7, 11) is 0. The Morgan fingerprint density at radius 3 is 2.52 bits per heavy atom. The van der Waals surface area contributed by atoms with Crippen LogP contribution in [0.5, 0.6) is 5.75 Å². The zero-order valence-electron chi connectivity index (χ0n) is 22.6. The van der Waals surface area contributed by atoms with Gasteiger partial charge in [-0.1, -0.05) is 0 Å². The van der Waals surface area contributed by atoms with Crippen LogP contribution in [0.15, 0.2) is 36.8 Å². The average Bonchev–Trinajstić information content (AvgIpc) is 3.28. The summed E-state index contributed by atoms with van der Waals surface area (Å²) in [5, 5.41) is 7.38. The van der Waals surface area contributed by atoms with Crippen LogP contribution in [0.2, 0.25) is 0 Å². The fourth-order valence-corrected chi connectivity index (χ4v) is 5.12. The van der Waals surface area contributed by atoms with Crippen LogP contribution < -0.4 is 20.7 Å². The lowest BCUT2D eigenvalue weighted by atomic mass is 9.72. The number of hydrogen-bond donors (Lipinski definition) is 2. The molecule has 11 nitrogen and oxygen atoms in total. The van der Waals surface area contributed by atoms with Crippen molar-refractivity contribution in [1.82, 2.24) is 29.6 Å². The molecule has 2 aliphatic heterocycles. The molecule has 40 heavy (non-hydrogen) atoms. The van der Waals surface area contributed by atoms with Crippen molar-refractivity contribution in [3.8, 4) is 17.1 Å². The van der Waals surface area contributed by atoms with Crippen molar-refractivity contribution < 1.29 is 22.7 Å². The molecule has 0 atom stereocenters. The van der Waals surface area contributed by atoms with E-state index in [4.69, 9.17) is 10.7 Å². The molecule has 0 aromatic carbocycles. The van der Waals surface area contributed by atoms with E-state index in [9.17, 15) is 18.0 Å². The molecule has 5 heterocycles. The van der Waals surface area contributed by atoms with Crippen molar-refractivity contribution in [2.75, 3.05) is 36.4 Å². The second kappa shape index (κ2) is 10.2. The predicted octanol–water partition coefficient (Wildman–Crippen LogP) is 3.56. The Kier molecular flexibility index (Phi) is 7.06. The second-order valence-corrected chi connectivity index (χ2v) is 11.3. The van der Waals surface area contributed by atoms with Gasteiger partial charge in [0.1, 0.15) is 23.2 Å². The number of nitrogens with one attached hydrogen (secondary N) is 1. The number of piperidine rings is 1. The maximum atomic E-state index is 12.7. The van der Waals surface area contributed by atoms with Crippen molar-refractivity contribution >= 4 is 23.4 Å². The zero-order valence-corrected chi connectivity index (χ0v) is 22.6. The topological polar surface area (TPSA) is 127 Å². The van der Waals surface area contributed by atoms with Crippen LogP contribution in [0, 0.1) is 5.41 Å². The maximum absolute atomic E-state index is 12.7. The molecule has 0 unspecified atom stereocenters. The van der Waals surface area contributed by atoms with Crippen molar-refractivity contribution in [2.24, 2.45) is 11.1 Å². The first-order valence-electron chi connectivity index (χ1n) is 13.0. The molecular weight excluding hydrogens is 527 g/mol. The van der Waals surface area contributed by atoms with Gasteiger partial charge in [0.2, 0.25) is 5.91 Å². The van der Waals surface area contributed by atoms with Gasteiger partial charge in [-0.15, -0.1) is 13.2 Å². The molecule has 3 aromatic heterocycles. The summed E-state index contributed by atoms with van der Waals surface area (Å²) < 4.78 is 43.9. The van der Waals surface area contributed by atoms with E-state index in [2.05, 4.69) is 30.0 Å². The van der Waals surface area contributed by atoms with Gasteiger partial charge < -0.3 is 25.6 Å². The molecule has 214 valence electrons. The van der Waals surface area contributed by atoms with Crippen molar-refractivity contribution in [3.63, 3.8) is 0 Å². The quantitative estimate of drug-likeness (QED) is 0.447.